The Labute approximate surface area is 132 Å². The maximum Gasteiger partial charge on any atom is 0.355 e. The highest BCUT2D eigenvalue weighted by atomic mass is 16.5. The summed E-state index contributed by atoms with van der Waals surface area (Å²) in [6.45, 7) is 9.59. The van der Waals surface area contributed by atoms with Crippen molar-refractivity contribution < 1.29 is 14.3 Å². The fraction of sp³-hybridized carbons (Fsp3) is 0.647. The Hall–Kier alpha value is -1.78. The summed E-state index contributed by atoms with van der Waals surface area (Å²) >= 11 is 0. The summed E-state index contributed by atoms with van der Waals surface area (Å²) < 4.78 is 6.89. The van der Waals surface area contributed by atoms with Crippen molar-refractivity contribution >= 4 is 11.9 Å². The topological polar surface area (TPSA) is 51.5 Å². The van der Waals surface area contributed by atoms with Gasteiger partial charge in [-0.25, -0.2) is 4.79 Å². The number of carbonyl (C=O) groups is 2. The van der Waals surface area contributed by atoms with Crippen molar-refractivity contribution in [2.45, 2.75) is 40.5 Å². The minimum atomic E-state index is -0.364. The highest BCUT2D eigenvalue weighted by molar-refractivity contribution is 6.01. The summed E-state index contributed by atoms with van der Waals surface area (Å²) in [6.07, 6.45) is 2.22. The van der Waals surface area contributed by atoms with Gasteiger partial charge in [0.05, 0.1) is 12.2 Å². The van der Waals surface area contributed by atoms with Gasteiger partial charge in [-0.1, -0.05) is 6.92 Å². The first-order valence-electron chi connectivity index (χ1n) is 8.00. The average Bonchev–Trinajstić information content (AvgIpc) is 2.69. The molecule has 0 N–H and O–H groups in total. The summed E-state index contributed by atoms with van der Waals surface area (Å²) in [4.78, 5) is 26.9. The Morgan fingerprint density at radius 2 is 2.00 bits per heavy atom. The van der Waals surface area contributed by atoms with Crippen LogP contribution in [-0.4, -0.2) is 41.0 Å². The van der Waals surface area contributed by atoms with Crippen LogP contribution in [0.3, 0.4) is 0 Å². The lowest BCUT2D eigenvalue weighted by Gasteiger charge is -2.31. The molecule has 0 bridgehead atoms. The smallest absolute Gasteiger partial charge is 0.355 e. The third-order valence-corrected chi connectivity index (χ3v) is 4.56. The van der Waals surface area contributed by atoms with Gasteiger partial charge >= 0.3 is 5.97 Å². The van der Waals surface area contributed by atoms with E-state index in [0.717, 1.165) is 30.8 Å². The molecular formula is C17H26N2O3. The molecule has 0 radical (unpaired) electrons. The molecule has 1 saturated heterocycles. The van der Waals surface area contributed by atoms with E-state index in [-0.39, 0.29) is 11.9 Å². The van der Waals surface area contributed by atoms with Gasteiger partial charge in [0.2, 0.25) is 0 Å². The fourth-order valence-electron chi connectivity index (χ4n) is 3.31. The van der Waals surface area contributed by atoms with E-state index in [0.29, 0.717) is 23.8 Å². The van der Waals surface area contributed by atoms with Crippen LogP contribution < -0.4 is 0 Å². The Kier molecular flexibility index (Phi) is 4.94. The fourth-order valence-corrected chi connectivity index (χ4v) is 3.31. The zero-order chi connectivity index (χ0) is 16.4. The molecule has 0 spiro atoms. The van der Waals surface area contributed by atoms with Crippen LogP contribution in [0.2, 0.25) is 0 Å². The monoisotopic (exact) mass is 306 g/mol. The van der Waals surface area contributed by atoms with Crippen molar-refractivity contribution in [1.29, 1.82) is 0 Å². The Morgan fingerprint density at radius 1 is 1.32 bits per heavy atom. The van der Waals surface area contributed by atoms with Gasteiger partial charge in [0.15, 0.2) is 0 Å². The van der Waals surface area contributed by atoms with Gasteiger partial charge in [-0.2, -0.15) is 0 Å². The van der Waals surface area contributed by atoms with Crippen LogP contribution in [0.4, 0.5) is 0 Å². The van der Waals surface area contributed by atoms with Crippen molar-refractivity contribution in [3.05, 3.63) is 22.5 Å². The van der Waals surface area contributed by atoms with Crippen LogP contribution in [0.25, 0.3) is 0 Å². The number of piperidine rings is 1. The summed E-state index contributed by atoms with van der Waals surface area (Å²) in [7, 11) is 1.81. The third kappa shape index (κ3) is 2.89. The van der Waals surface area contributed by atoms with E-state index in [1.54, 1.807) is 11.5 Å². The largest absolute Gasteiger partial charge is 0.461 e. The van der Waals surface area contributed by atoms with Crippen LogP contribution in [0.1, 0.15) is 58.8 Å². The molecule has 5 nitrogen and oxygen atoms in total. The van der Waals surface area contributed by atoms with Gasteiger partial charge in [-0.15, -0.1) is 0 Å². The molecule has 1 unspecified atom stereocenters. The number of aromatic nitrogens is 1. The minimum Gasteiger partial charge on any atom is -0.461 e. The lowest BCUT2D eigenvalue weighted by Crippen LogP contribution is -2.39. The molecule has 5 heteroatoms. The summed E-state index contributed by atoms with van der Waals surface area (Å²) in [5, 5.41) is 0. The number of hydrogen-bond donors (Lipinski definition) is 0. The maximum atomic E-state index is 12.9. The molecule has 2 rings (SSSR count). The second-order valence-electron chi connectivity index (χ2n) is 6.21. The molecule has 0 saturated carbocycles. The molecule has 22 heavy (non-hydrogen) atoms. The summed E-state index contributed by atoms with van der Waals surface area (Å²) in [6, 6.07) is 0. The molecule has 1 fully saturated rings. The number of carbonyl (C=O) groups excluding carboxylic acids is 2. The maximum absolute atomic E-state index is 12.9. The van der Waals surface area contributed by atoms with Crippen molar-refractivity contribution in [3.8, 4) is 0 Å². The van der Waals surface area contributed by atoms with Crippen LogP contribution in [0.5, 0.6) is 0 Å². The number of esters is 1. The normalized spacial score (nSPS) is 18.4. The van der Waals surface area contributed by atoms with E-state index in [9.17, 15) is 9.59 Å². The van der Waals surface area contributed by atoms with Crippen LogP contribution in [0.15, 0.2) is 0 Å². The molecular weight excluding hydrogens is 280 g/mol. The highest BCUT2D eigenvalue weighted by Crippen LogP contribution is 2.25. The molecule has 122 valence electrons. The van der Waals surface area contributed by atoms with Crippen molar-refractivity contribution in [2.24, 2.45) is 13.0 Å². The minimum absolute atomic E-state index is 0.0349. The second kappa shape index (κ2) is 6.55. The molecule has 1 aliphatic heterocycles. The molecule has 1 aromatic heterocycles. The number of ether oxygens (including phenoxy) is 1. The van der Waals surface area contributed by atoms with Crippen LogP contribution in [0, 0.1) is 19.8 Å². The van der Waals surface area contributed by atoms with Crippen molar-refractivity contribution in [2.75, 3.05) is 19.7 Å². The van der Waals surface area contributed by atoms with Gasteiger partial charge in [0.25, 0.3) is 5.91 Å². The zero-order valence-electron chi connectivity index (χ0n) is 14.2. The van der Waals surface area contributed by atoms with E-state index in [4.69, 9.17) is 4.74 Å². The summed E-state index contributed by atoms with van der Waals surface area (Å²) in [5.74, 6) is 0.205. The Bertz CT molecular complexity index is 589. The molecule has 1 aromatic rings. The average molecular weight is 306 g/mol. The first-order chi connectivity index (χ1) is 10.4. The predicted molar refractivity (Wildman–Crippen MR) is 85.1 cm³/mol. The predicted octanol–water partition coefficient (Wildman–Crippen LogP) is 2.69. The van der Waals surface area contributed by atoms with E-state index < -0.39 is 0 Å². The van der Waals surface area contributed by atoms with Gasteiger partial charge < -0.3 is 14.2 Å². The van der Waals surface area contributed by atoms with Gasteiger partial charge in [0.1, 0.15) is 5.69 Å². The van der Waals surface area contributed by atoms with E-state index in [1.807, 2.05) is 25.8 Å². The zero-order valence-corrected chi connectivity index (χ0v) is 14.2. The molecule has 2 heterocycles. The third-order valence-electron chi connectivity index (χ3n) is 4.56. The molecule has 1 atom stereocenters. The SMILES string of the molecule is CCOC(=O)c1c(C)c(C(=O)N2CCCC(C)C2)c(C)n1C. The lowest BCUT2D eigenvalue weighted by atomic mass is 9.99. The molecule has 0 aromatic carbocycles. The quantitative estimate of drug-likeness (QED) is 0.807. The van der Waals surface area contributed by atoms with E-state index in [2.05, 4.69) is 6.92 Å². The molecule has 0 aliphatic carbocycles. The number of hydrogen-bond acceptors (Lipinski definition) is 3. The van der Waals surface area contributed by atoms with Gasteiger partial charge in [-0.05, 0) is 45.1 Å². The summed E-state index contributed by atoms with van der Waals surface area (Å²) in [5.41, 5.74) is 2.68. The van der Waals surface area contributed by atoms with Crippen molar-refractivity contribution in [3.63, 3.8) is 0 Å². The first-order valence-corrected chi connectivity index (χ1v) is 8.00. The van der Waals surface area contributed by atoms with Crippen LogP contribution in [-0.2, 0) is 11.8 Å². The van der Waals surface area contributed by atoms with Crippen LogP contribution >= 0.6 is 0 Å². The number of rotatable bonds is 3. The standard InChI is InChI=1S/C17H26N2O3/c1-6-22-17(21)15-12(3)14(13(4)18(15)5)16(20)19-9-7-8-11(2)10-19/h11H,6-10H2,1-5H3. The highest BCUT2D eigenvalue weighted by Gasteiger charge is 2.30. The number of likely N-dealkylation sites (tertiary alicyclic amines) is 1. The number of nitrogens with zero attached hydrogens (tertiary/aromatic N) is 2. The van der Waals surface area contributed by atoms with Gasteiger partial charge in [0, 0.05) is 25.8 Å². The van der Waals surface area contributed by atoms with E-state index >= 15 is 0 Å². The van der Waals surface area contributed by atoms with E-state index in [1.165, 1.54) is 6.42 Å². The Morgan fingerprint density at radius 3 is 2.59 bits per heavy atom. The molecule has 1 aliphatic rings. The Balaban J connectivity index is 2.37. The van der Waals surface area contributed by atoms with Crippen molar-refractivity contribution in [1.82, 2.24) is 9.47 Å². The van der Waals surface area contributed by atoms with Gasteiger partial charge in [-0.3, -0.25) is 4.79 Å². The number of amides is 1. The molecule has 1 amide bonds. The first kappa shape index (κ1) is 16.6. The second-order valence-corrected chi connectivity index (χ2v) is 6.21. The lowest BCUT2D eigenvalue weighted by molar-refractivity contribution is 0.0514.